The molecule has 3 aliphatic heterocycles. The lowest BCUT2D eigenvalue weighted by molar-refractivity contribution is -0.188. The summed E-state index contributed by atoms with van der Waals surface area (Å²) in [6.07, 6.45) is 7.33. The summed E-state index contributed by atoms with van der Waals surface area (Å²) < 4.78 is 19.4. The molecule has 3 aliphatic rings. The maximum absolute atomic E-state index is 6.13. The second-order valence-electron chi connectivity index (χ2n) is 10.9. The third-order valence-electron chi connectivity index (χ3n) is 7.77. The summed E-state index contributed by atoms with van der Waals surface area (Å²) in [5.74, 6) is 7.45. The Morgan fingerprint density at radius 3 is 2.46 bits per heavy atom. The standard InChI is InChI=1S/C33H38N4O4/c1-25(40-32-4-2-3-19-39-32)33-34-15-16-37(33)24-30-22-31(35-41-30)29-13-11-27(12-14-29)6-5-26-7-9-28(10-8-26)23-36-17-20-38-21-18-36/h7-16,25,30,32H,2-4,17-24H2,1H3. The molecule has 3 unspecified atom stereocenters. The number of nitrogens with zero attached hydrogens (tertiary/aromatic N) is 4. The van der Waals surface area contributed by atoms with Crippen LogP contribution in [0.2, 0.25) is 0 Å². The zero-order chi connectivity index (χ0) is 27.9. The van der Waals surface area contributed by atoms with Crippen LogP contribution < -0.4 is 0 Å². The number of hydrogen-bond donors (Lipinski definition) is 0. The molecule has 2 fully saturated rings. The van der Waals surface area contributed by atoms with Gasteiger partial charge in [0.25, 0.3) is 0 Å². The molecule has 1 aromatic heterocycles. The molecule has 214 valence electrons. The lowest BCUT2D eigenvalue weighted by Crippen LogP contribution is -2.35. The summed E-state index contributed by atoms with van der Waals surface area (Å²) in [5, 5.41) is 4.39. The molecule has 0 aliphatic carbocycles. The van der Waals surface area contributed by atoms with E-state index in [1.54, 1.807) is 0 Å². The topological polar surface area (TPSA) is 70.3 Å². The number of aromatic nitrogens is 2. The molecule has 41 heavy (non-hydrogen) atoms. The van der Waals surface area contributed by atoms with Crippen LogP contribution in [0.5, 0.6) is 0 Å². The normalized spacial score (nSPS) is 21.9. The van der Waals surface area contributed by atoms with Crippen molar-refractivity contribution in [1.82, 2.24) is 14.5 Å². The van der Waals surface area contributed by atoms with E-state index >= 15 is 0 Å². The Morgan fingerprint density at radius 1 is 0.976 bits per heavy atom. The molecule has 0 bridgehead atoms. The van der Waals surface area contributed by atoms with Gasteiger partial charge in [-0.3, -0.25) is 4.90 Å². The molecule has 8 heteroatoms. The molecule has 3 aromatic rings. The number of rotatable bonds is 8. The second kappa shape index (κ2) is 13.5. The predicted molar refractivity (Wildman–Crippen MR) is 156 cm³/mol. The van der Waals surface area contributed by atoms with E-state index in [1.165, 1.54) is 5.56 Å². The van der Waals surface area contributed by atoms with Gasteiger partial charge in [-0.1, -0.05) is 41.3 Å². The smallest absolute Gasteiger partial charge is 0.158 e. The first-order chi connectivity index (χ1) is 20.2. The van der Waals surface area contributed by atoms with E-state index in [2.05, 4.69) is 67.8 Å². The van der Waals surface area contributed by atoms with Crippen LogP contribution >= 0.6 is 0 Å². The van der Waals surface area contributed by atoms with Crippen LogP contribution in [-0.2, 0) is 32.1 Å². The molecule has 3 atom stereocenters. The van der Waals surface area contributed by atoms with Gasteiger partial charge in [0.2, 0.25) is 0 Å². The summed E-state index contributed by atoms with van der Waals surface area (Å²) in [7, 11) is 0. The van der Waals surface area contributed by atoms with Gasteiger partial charge in [-0.25, -0.2) is 4.98 Å². The first-order valence-corrected chi connectivity index (χ1v) is 14.7. The Kier molecular flexibility index (Phi) is 9.08. The van der Waals surface area contributed by atoms with Gasteiger partial charge in [-0.05, 0) is 61.6 Å². The second-order valence-corrected chi connectivity index (χ2v) is 10.9. The molecule has 0 amide bonds. The monoisotopic (exact) mass is 554 g/mol. The molecular weight excluding hydrogens is 516 g/mol. The van der Waals surface area contributed by atoms with Crippen molar-refractivity contribution in [3.8, 4) is 11.8 Å². The lowest BCUT2D eigenvalue weighted by Gasteiger charge is -2.26. The molecule has 0 spiro atoms. The van der Waals surface area contributed by atoms with E-state index in [-0.39, 0.29) is 18.5 Å². The Labute approximate surface area is 242 Å². The summed E-state index contributed by atoms with van der Waals surface area (Å²) in [4.78, 5) is 12.8. The summed E-state index contributed by atoms with van der Waals surface area (Å²) in [6.45, 7) is 8.04. The van der Waals surface area contributed by atoms with Gasteiger partial charge in [-0.2, -0.15) is 0 Å². The van der Waals surface area contributed by atoms with Crippen LogP contribution in [0.25, 0.3) is 0 Å². The fourth-order valence-corrected chi connectivity index (χ4v) is 5.46. The minimum atomic E-state index is -0.156. The van der Waals surface area contributed by atoms with Crippen LogP contribution in [0.4, 0.5) is 0 Å². The Balaban J connectivity index is 1.000. The van der Waals surface area contributed by atoms with Gasteiger partial charge < -0.3 is 23.6 Å². The summed E-state index contributed by atoms with van der Waals surface area (Å²) in [5.41, 5.74) is 5.30. The van der Waals surface area contributed by atoms with E-state index in [4.69, 9.17) is 19.0 Å². The predicted octanol–water partition coefficient (Wildman–Crippen LogP) is 4.91. The lowest BCUT2D eigenvalue weighted by atomic mass is 10.0. The molecule has 0 radical (unpaired) electrons. The molecule has 6 rings (SSSR count). The number of ether oxygens (including phenoxy) is 3. The van der Waals surface area contributed by atoms with Crippen molar-refractivity contribution in [2.24, 2.45) is 5.16 Å². The average Bonchev–Trinajstić information content (AvgIpc) is 3.68. The number of morpholine rings is 1. The van der Waals surface area contributed by atoms with Crippen LogP contribution in [0.3, 0.4) is 0 Å². The number of oxime groups is 1. The van der Waals surface area contributed by atoms with Crippen molar-refractivity contribution in [3.63, 3.8) is 0 Å². The van der Waals surface area contributed by atoms with E-state index in [0.717, 1.165) is 93.4 Å². The van der Waals surface area contributed by atoms with E-state index in [1.807, 2.05) is 31.5 Å². The minimum Gasteiger partial charge on any atom is -0.390 e. The third-order valence-corrected chi connectivity index (χ3v) is 7.77. The van der Waals surface area contributed by atoms with Crippen LogP contribution in [-0.4, -0.2) is 65.5 Å². The largest absolute Gasteiger partial charge is 0.390 e. The molecule has 4 heterocycles. The highest BCUT2D eigenvalue weighted by atomic mass is 16.7. The Morgan fingerprint density at radius 2 is 1.73 bits per heavy atom. The molecule has 0 N–H and O–H groups in total. The van der Waals surface area contributed by atoms with Gasteiger partial charge in [-0.15, -0.1) is 0 Å². The summed E-state index contributed by atoms with van der Waals surface area (Å²) in [6, 6.07) is 16.8. The highest BCUT2D eigenvalue weighted by Gasteiger charge is 2.26. The van der Waals surface area contributed by atoms with Gasteiger partial charge in [0.1, 0.15) is 11.9 Å². The van der Waals surface area contributed by atoms with Crippen LogP contribution in [0.15, 0.2) is 66.1 Å². The number of hydrogen-bond acceptors (Lipinski definition) is 7. The minimum absolute atomic E-state index is 0.0539. The van der Waals surface area contributed by atoms with Crippen molar-refractivity contribution < 1.29 is 19.0 Å². The molecular formula is C33H38N4O4. The van der Waals surface area contributed by atoms with Gasteiger partial charge in [0, 0.05) is 56.2 Å². The zero-order valence-corrected chi connectivity index (χ0v) is 23.7. The van der Waals surface area contributed by atoms with Crippen molar-refractivity contribution >= 4 is 5.71 Å². The quantitative estimate of drug-likeness (QED) is 0.369. The van der Waals surface area contributed by atoms with Crippen molar-refractivity contribution in [2.45, 2.75) is 64.2 Å². The zero-order valence-electron chi connectivity index (χ0n) is 23.7. The van der Waals surface area contributed by atoms with Crippen LogP contribution in [0, 0.1) is 11.8 Å². The number of benzene rings is 2. The third kappa shape index (κ3) is 7.43. The van der Waals surface area contributed by atoms with E-state index < -0.39 is 0 Å². The van der Waals surface area contributed by atoms with Gasteiger partial charge in [0.15, 0.2) is 12.4 Å². The average molecular weight is 555 g/mol. The first-order valence-electron chi connectivity index (χ1n) is 14.7. The first kappa shape index (κ1) is 27.7. The van der Waals surface area contributed by atoms with E-state index in [9.17, 15) is 0 Å². The van der Waals surface area contributed by atoms with E-state index in [0.29, 0.717) is 6.54 Å². The fraction of sp³-hybridized carbons (Fsp3) is 0.455. The van der Waals surface area contributed by atoms with Crippen molar-refractivity contribution in [1.29, 1.82) is 0 Å². The molecule has 2 aromatic carbocycles. The highest BCUT2D eigenvalue weighted by Crippen LogP contribution is 2.25. The Bertz CT molecular complexity index is 1360. The Hall–Kier alpha value is -3.48. The molecule has 8 nitrogen and oxygen atoms in total. The van der Waals surface area contributed by atoms with Crippen LogP contribution in [0.1, 0.15) is 66.8 Å². The maximum atomic E-state index is 6.13. The van der Waals surface area contributed by atoms with Crippen molar-refractivity contribution in [3.05, 3.63) is 89.0 Å². The van der Waals surface area contributed by atoms with Crippen molar-refractivity contribution in [2.75, 3.05) is 32.9 Å². The SMILES string of the molecule is CC(OC1CCCCO1)c1nccn1CC1CC(c2ccc(C#Cc3ccc(CN4CCOCC4)cc3)cc2)=NO1. The molecule has 0 saturated carbocycles. The summed E-state index contributed by atoms with van der Waals surface area (Å²) >= 11 is 0. The van der Waals surface area contributed by atoms with Gasteiger partial charge >= 0.3 is 0 Å². The highest BCUT2D eigenvalue weighted by molar-refractivity contribution is 6.01. The number of imidazole rings is 1. The maximum Gasteiger partial charge on any atom is 0.158 e. The molecule has 2 saturated heterocycles. The fourth-order valence-electron chi connectivity index (χ4n) is 5.46. The van der Waals surface area contributed by atoms with Gasteiger partial charge in [0.05, 0.1) is 25.5 Å².